The third kappa shape index (κ3) is 3.74. The summed E-state index contributed by atoms with van der Waals surface area (Å²) in [5, 5.41) is 0. The Balaban J connectivity index is 2.94. The second kappa shape index (κ2) is 7.42. The van der Waals surface area contributed by atoms with Crippen LogP contribution in [0.2, 0.25) is 0 Å². The first-order valence-corrected chi connectivity index (χ1v) is 7.23. The number of nitrogens with zero attached hydrogens (tertiary/aromatic N) is 1. The van der Waals surface area contributed by atoms with E-state index in [-0.39, 0.29) is 6.04 Å². The van der Waals surface area contributed by atoms with E-state index < -0.39 is 0 Å². The number of hydrogen-bond acceptors (Lipinski definition) is 2. The van der Waals surface area contributed by atoms with Gasteiger partial charge < -0.3 is 10.6 Å². The zero-order valence-electron chi connectivity index (χ0n) is 12.3. The van der Waals surface area contributed by atoms with E-state index in [0.29, 0.717) is 0 Å². The molecule has 0 heterocycles. The molecule has 0 radical (unpaired) electrons. The SMILES string of the molecule is CCC(CC)CN(CC)c1ccccc1C(C)N. The van der Waals surface area contributed by atoms with Crippen LogP contribution in [0.3, 0.4) is 0 Å². The number of benzene rings is 1. The van der Waals surface area contributed by atoms with E-state index in [1.54, 1.807) is 0 Å². The highest BCUT2D eigenvalue weighted by Crippen LogP contribution is 2.26. The summed E-state index contributed by atoms with van der Waals surface area (Å²) in [6, 6.07) is 8.63. The Bertz CT molecular complexity index is 343. The largest absolute Gasteiger partial charge is 0.371 e. The monoisotopic (exact) mass is 248 g/mol. The quantitative estimate of drug-likeness (QED) is 0.791. The maximum atomic E-state index is 6.08. The minimum Gasteiger partial charge on any atom is -0.371 e. The molecule has 0 saturated heterocycles. The number of anilines is 1. The molecule has 0 bridgehead atoms. The number of hydrogen-bond donors (Lipinski definition) is 1. The van der Waals surface area contributed by atoms with Crippen LogP contribution in [0.25, 0.3) is 0 Å². The van der Waals surface area contributed by atoms with E-state index >= 15 is 0 Å². The Hall–Kier alpha value is -1.02. The van der Waals surface area contributed by atoms with Crippen LogP contribution in [-0.4, -0.2) is 13.1 Å². The first kappa shape index (κ1) is 15.0. The van der Waals surface area contributed by atoms with Gasteiger partial charge in [0.05, 0.1) is 0 Å². The van der Waals surface area contributed by atoms with Gasteiger partial charge in [-0.05, 0) is 31.4 Å². The summed E-state index contributed by atoms with van der Waals surface area (Å²) < 4.78 is 0. The van der Waals surface area contributed by atoms with Crippen molar-refractivity contribution in [3.8, 4) is 0 Å². The van der Waals surface area contributed by atoms with Gasteiger partial charge in [-0.15, -0.1) is 0 Å². The Kier molecular flexibility index (Phi) is 6.20. The summed E-state index contributed by atoms with van der Waals surface area (Å²) in [5.74, 6) is 0.770. The molecule has 2 N–H and O–H groups in total. The van der Waals surface area contributed by atoms with Gasteiger partial charge in [0.2, 0.25) is 0 Å². The lowest BCUT2D eigenvalue weighted by Gasteiger charge is -2.30. The number of rotatable bonds is 7. The summed E-state index contributed by atoms with van der Waals surface area (Å²) in [4.78, 5) is 2.47. The summed E-state index contributed by atoms with van der Waals surface area (Å²) >= 11 is 0. The van der Waals surface area contributed by atoms with Crippen molar-refractivity contribution in [2.24, 2.45) is 11.7 Å². The molecule has 0 fully saturated rings. The molecule has 1 rings (SSSR count). The van der Waals surface area contributed by atoms with E-state index in [4.69, 9.17) is 5.73 Å². The second-order valence-corrected chi connectivity index (χ2v) is 5.07. The molecular weight excluding hydrogens is 220 g/mol. The van der Waals surface area contributed by atoms with E-state index in [2.05, 4.69) is 56.9 Å². The molecule has 102 valence electrons. The Labute approximate surface area is 112 Å². The second-order valence-electron chi connectivity index (χ2n) is 5.07. The van der Waals surface area contributed by atoms with E-state index in [1.165, 1.54) is 24.1 Å². The lowest BCUT2D eigenvalue weighted by Crippen LogP contribution is -2.30. The molecule has 1 unspecified atom stereocenters. The molecular formula is C16H28N2. The average Bonchev–Trinajstić information content (AvgIpc) is 2.40. The molecule has 2 nitrogen and oxygen atoms in total. The van der Waals surface area contributed by atoms with Crippen molar-refractivity contribution in [3.63, 3.8) is 0 Å². The fourth-order valence-corrected chi connectivity index (χ4v) is 2.42. The van der Waals surface area contributed by atoms with Crippen LogP contribution in [0.4, 0.5) is 5.69 Å². The van der Waals surface area contributed by atoms with Crippen LogP contribution in [0.1, 0.15) is 52.1 Å². The predicted molar refractivity (Wildman–Crippen MR) is 81.0 cm³/mol. The van der Waals surface area contributed by atoms with Gasteiger partial charge in [-0.1, -0.05) is 44.9 Å². The van der Waals surface area contributed by atoms with Gasteiger partial charge in [0, 0.05) is 24.8 Å². The molecule has 1 atom stereocenters. The predicted octanol–water partition coefficient (Wildman–Crippen LogP) is 3.97. The van der Waals surface area contributed by atoms with Crippen LogP contribution in [0.5, 0.6) is 0 Å². The lowest BCUT2D eigenvalue weighted by molar-refractivity contribution is 0.485. The molecule has 0 amide bonds. The van der Waals surface area contributed by atoms with Crippen molar-refractivity contribution in [1.29, 1.82) is 0 Å². The Morgan fingerprint density at radius 1 is 1.11 bits per heavy atom. The van der Waals surface area contributed by atoms with Crippen LogP contribution in [-0.2, 0) is 0 Å². The molecule has 0 aliphatic rings. The molecule has 18 heavy (non-hydrogen) atoms. The van der Waals surface area contributed by atoms with Gasteiger partial charge in [0.25, 0.3) is 0 Å². The summed E-state index contributed by atoms with van der Waals surface area (Å²) in [7, 11) is 0. The molecule has 0 aromatic heterocycles. The van der Waals surface area contributed by atoms with Gasteiger partial charge in [-0.3, -0.25) is 0 Å². The number of nitrogens with two attached hydrogens (primary N) is 1. The molecule has 1 aromatic rings. The van der Waals surface area contributed by atoms with Crippen molar-refractivity contribution in [2.75, 3.05) is 18.0 Å². The van der Waals surface area contributed by atoms with E-state index in [9.17, 15) is 0 Å². The molecule has 0 saturated carbocycles. The third-order valence-corrected chi connectivity index (χ3v) is 3.78. The van der Waals surface area contributed by atoms with Crippen LogP contribution >= 0.6 is 0 Å². The minimum atomic E-state index is 0.0944. The van der Waals surface area contributed by atoms with E-state index in [0.717, 1.165) is 19.0 Å². The summed E-state index contributed by atoms with van der Waals surface area (Å²) in [5.41, 5.74) is 8.64. The fraction of sp³-hybridized carbons (Fsp3) is 0.625. The van der Waals surface area contributed by atoms with Crippen molar-refractivity contribution < 1.29 is 0 Å². The maximum Gasteiger partial charge on any atom is 0.0414 e. The third-order valence-electron chi connectivity index (χ3n) is 3.78. The number of para-hydroxylation sites is 1. The zero-order chi connectivity index (χ0) is 13.5. The smallest absolute Gasteiger partial charge is 0.0414 e. The zero-order valence-corrected chi connectivity index (χ0v) is 12.3. The first-order valence-electron chi connectivity index (χ1n) is 7.23. The van der Waals surface area contributed by atoms with Crippen LogP contribution in [0, 0.1) is 5.92 Å². The van der Waals surface area contributed by atoms with Crippen LogP contribution < -0.4 is 10.6 Å². The lowest BCUT2D eigenvalue weighted by atomic mass is 10.0. The van der Waals surface area contributed by atoms with Gasteiger partial charge in [0.15, 0.2) is 0 Å². The first-order chi connectivity index (χ1) is 8.63. The molecule has 1 aromatic carbocycles. The van der Waals surface area contributed by atoms with Crippen molar-refractivity contribution in [3.05, 3.63) is 29.8 Å². The molecule has 2 heteroatoms. The Morgan fingerprint density at radius 2 is 1.72 bits per heavy atom. The van der Waals surface area contributed by atoms with Gasteiger partial charge in [-0.2, -0.15) is 0 Å². The highest BCUT2D eigenvalue weighted by atomic mass is 15.1. The van der Waals surface area contributed by atoms with Gasteiger partial charge in [-0.25, -0.2) is 0 Å². The van der Waals surface area contributed by atoms with Gasteiger partial charge >= 0.3 is 0 Å². The molecule has 0 aliphatic carbocycles. The maximum absolute atomic E-state index is 6.08. The molecule has 0 spiro atoms. The topological polar surface area (TPSA) is 29.3 Å². The van der Waals surface area contributed by atoms with Crippen molar-refractivity contribution in [1.82, 2.24) is 0 Å². The average molecular weight is 248 g/mol. The van der Waals surface area contributed by atoms with Crippen molar-refractivity contribution in [2.45, 2.75) is 46.6 Å². The minimum absolute atomic E-state index is 0.0944. The van der Waals surface area contributed by atoms with E-state index in [1.807, 2.05) is 0 Å². The Morgan fingerprint density at radius 3 is 2.22 bits per heavy atom. The fourth-order valence-electron chi connectivity index (χ4n) is 2.42. The van der Waals surface area contributed by atoms with Crippen LogP contribution in [0.15, 0.2) is 24.3 Å². The summed E-state index contributed by atoms with van der Waals surface area (Å²) in [6.07, 6.45) is 2.49. The highest BCUT2D eigenvalue weighted by Gasteiger charge is 2.15. The summed E-state index contributed by atoms with van der Waals surface area (Å²) in [6.45, 7) is 11.0. The normalized spacial score (nSPS) is 12.8. The molecule has 0 aliphatic heterocycles. The highest BCUT2D eigenvalue weighted by molar-refractivity contribution is 5.54. The standard InChI is InChI=1S/C16H28N2/c1-5-14(6-2)12-18(7-3)16-11-9-8-10-15(16)13(4)17/h8-11,13-14H,5-7,12,17H2,1-4H3. The van der Waals surface area contributed by atoms with Crippen molar-refractivity contribution >= 4 is 5.69 Å². The van der Waals surface area contributed by atoms with Gasteiger partial charge in [0.1, 0.15) is 0 Å².